The van der Waals surface area contributed by atoms with Gasteiger partial charge in [0.05, 0.1) is 60.5 Å². The zero-order valence-corrected chi connectivity index (χ0v) is 40.7. The summed E-state index contributed by atoms with van der Waals surface area (Å²) in [6.45, 7) is 8.11. The number of likely N-dealkylation sites (tertiary alicyclic amines) is 2. The Morgan fingerprint density at radius 2 is 1.52 bits per heavy atom. The number of hydrogen-bond donors (Lipinski definition) is 1. The summed E-state index contributed by atoms with van der Waals surface area (Å²) in [6, 6.07) is 24.8. The lowest BCUT2D eigenvalue weighted by atomic mass is 9.94. The second-order valence-corrected chi connectivity index (χ2v) is 19.4. The van der Waals surface area contributed by atoms with Crippen LogP contribution in [-0.2, 0) is 25.7 Å². The number of hydrogen-bond acceptors (Lipinski definition) is 14. The number of imide groups is 1. The van der Waals surface area contributed by atoms with E-state index in [0.29, 0.717) is 118 Å². The highest BCUT2D eigenvalue weighted by atomic mass is 16.5. The van der Waals surface area contributed by atoms with E-state index in [0.717, 1.165) is 35.2 Å². The van der Waals surface area contributed by atoms with Crippen molar-refractivity contribution in [3.63, 3.8) is 0 Å². The van der Waals surface area contributed by atoms with Crippen molar-refractivity contribution in [3.05, 3.63) is 129 Å². The van der Waals surface area contributed by atoms with Crippen LogP contribution < -0.4 is 26.1 Å². The van der Waals surface area contributed by atoms with E-state index in [1.807, 2.05) is 59.2 Å². The van der Waals surface area contributed by atoms with Gasteiger partial charge < -0.3 is 19.4 Å². The Labute approximate surface area is 421 Å². The standard InChI is InChI=1S/C54H56N12O7/c1-35-45-28-42(8-9-44(45)54(72)66(59-35)47-11-12-48(67)58-52(47)70)62-22-24-64(25-23-62)53(71)39-16-18-61(19-17-39)33-50(69)63-20-14-36(15-21-63)34-73-43-30-56-51(57-31-43)41-7-3-5-38(27-41)32-65-49(68)13-10-46(60-65)40-6-2-4-37(26-40)29-55/h2-10,13,26-28,30-31,36,39,47H,11-12,14-25,32-34H2,1H3,(H,58,67,70). The highest BCUT2D eigenvalue weighted by molar-refractivity contribution is 5.99. The lowest BCUT2D eigenvalue weighted by molar-refractivity contribution is -0.138. The third-order valence-corrected chi connectivity index (χ3v) is 14.6. The third kappa shape index (κ3) is 10.9. The van der Waals surface area contributed by atoms with Crippen LogP contribution in [0.15, 0.2) is 101 Å². The molecule has 3 aromatic carbocycles. The maximum absolute atomic E-state index is 13.7. The monoisotopic (exact) mass is 984 g/mol. The molecule has 0 bridgehead atoms. The molecule has 0 aliphatic carbocycles. The van der Waals surface area contributed by atoms with Gasteiger partial charge in [0.25, 0.3) is 17.0 Å². The van der Waals surface area contributed by atoms with Crippen molar-refractivity contribution in [2.24, 2.45) is 11.8 Å². The smallest absolute Gasteiger partial charge is 0.275 e. The number of amides is 4. The van der Waals surface area contributed by atoms with E-state index in [-0.39, 0.29) is 60.1 Å². The van der Waals surface area contributed by atoms with Gasteiger partial charge in [-0.2, -0.15) is 15.5 Å². The minimum Gasteiger partial charge on any atom is -0.490 e. The lowest BCUT2D eigenvalue weighted by Crippen LogP contribution is -2.52. The highest BCUT2D eigenvalue weighted by Crippen LogP contribution is 2.28. The SMILES string of the molecule is Cc1nn(C2CCC(=O)NC2=O)c(=O)c2ccc(N3CCN(C(=O)C4CCN(CC(=O)N5CCC(COc6cnc(-c7cccc(Cn8nc(-c9cccc(C#N)c9)ccc8=O)c7)nc6)CC5)CC4)CC3)cc12. The molecule has 0 radical (unpaired) electrons. The van der Waals surface area contributed by atoms with Gasteiger partial charge in [-0.05, 0) is 106 Å². The molecule has 4 aliphatic heterocycles. The molecular formula is C54H56N12O7. The molecule has 10 rings (SSSR count). The molecule has 19 heteroatoms. The van der Waals surface area contributed by atoms with Crippen molar-refractivity contribution in [3.8, 4) is 34.5 Å². The molecule has 3 aromatic heterocycles. The largest absolute Gasteiger partial charge is 0.490 e. The number of aromatic nitrogens is 6. The number of anilines is 1. The summed E-state index contributed by atoms with van der Waals surface area (Å²) in [6.07, 6.45) is 6.81. The van der Waals surface area contributed by atoms with Crippen molar-refractivity contribution in [2.45, 2.75) is 58.0 Å². The third-order valence-electron chi connectivity index (χ3n) is 14.6. The average molecular weight is 985 g/mol. The van der Waals surface area contributed by atoms with E-state index in [1.165, 1.54) is 15.4 Å². The fraction of sp³-hybridized carbons (Fsp3) is 0.389. The minimum atomic E-state index is -0.828. The van der Waals surface area contributed by atoms with E-state index in [2.05, 4.69) is 41.4 Å². The molecule has 1 unspecified atom stereocenters. The first-order valence-corrected chi connectivity index (χ1v) is 25.0. The van der Waals surface area contributed by atoms with Gasteiger partial charge in [-0.1, -0.05) is 30.3 Å². The molecule has 4 saturated heterocycles. The number of benzene rings is 3. The quantitative estimate of drug-likeness (QED) is 0.172. The number of ether oxygens (including phenoxy) is 1. The maximum Gasteiger partial charge on any atom is 0.275 e. The van der Waals surface area contributed by atoms with Gasteiger partial charge in [0.2, 0.25) is 17.7 Å². The fourth-order valence-corrected chi connectivity index (χ4v) is 10.3. The Balaban J connectivity index is 0.637. The van der Waals surface area contributed by atoms with Crippen molar-refractivity contribution in [2.75, 3.05) is 70.4 Å². The van der Waals surface area contributed by atoms with E-state index < -0.39 is 11.9 Å². The molecule has 6 aromatic rings. The second kappa shape index (κ2) is 21.3. The highest BCUT2D eigenvalue weighted by Gasteiger charge is 2.33. The average Bonchev–Trinajstić information content (AvgIpc) is 3.42. The summed E-state index contributed by atoms with van der Waals surface area (Å²) < 4.78 is 8.71. The molecule has 4 amide bonds. The molecule has 4 aliphatic rings. The summed E-state index contributed by atoms with van der Waals surface area (Å²) in [5.41, 5.74) is 4.45. The first-order chi connectivity index (χ1) is 35.5. The fourth-order valence-electron chi connectivity index (χ4n) is 10.3. The van der Waals surface area contributed by atoms with Crippen LogP contribution in [0.1, 0.15) is 61.4 Å². The summed E-state index contributed by atoms with van der Waals surface area (Å²) in [4.78, 5) is 94.9. The molecule has 4 fully saturated rings. The normalized spacial score (nSPS) is 18.1. The van der Waals surface area contributed by atoms with E-state index >= 15 is 0 Å². The second-order valence-electron chi connectivity index (χ2n) is 19.4. The van der Waals surface area contributed by atoms with Crippen LogP contribution in [0.3, 0.4) is 0 Å². The molecule has 0 saturated carbocycles. The summed E-state index contributed by atoms with van der Waals surface area (Å²) in [5, 5.41) is 21.8. The van der Waals surface area contributed by atoms with Crippen LogP contribution in [0.4, 0.5) is 5.69 Å². The first kappa shape index (κ1) is 48.5. The Hall–Kier alpha value is -8.11. The van der Waals surface area contributed by atoms with Crippen LogP contribution in [-0.4, -0.2) is 133 Å². The zero-order chi connectivity index (χ0) is 50.6. The van der Waals surface area contributed by atoms with Crippen LogP contribution in [0, 0.1) is 30.1 Å². The number of nitriles is 1. The molecule has 73 heavy (non-hydrogen) atoms. The number of nitrogens with zero attached hydrogens (tertiary/aromatic N) is 11. The van der Waals surface area contributed by atoms with Gasteiger partial charge in [0.15, 0.2) is 11.6 Å². The Morgan fingerprint density at radius 3 is 2.27 bits per heavy atom. The predicted octanol–water partition coefficient (Wildman–Crippen LogP) is 3.96. The molecule has 19 nitrogen and oxygen atoms in total. The van der Waals surface area contributed by atoms with Gasteiger partial charge in [-0.15, -0.1) is 0 Å². The van der Waals surface area contributed by atoms with Gasteiger partial charge in [-0.25, -0.2) is 19.3 Å². The van der Waals surface area contributed by atoms with Crippen LogP contribution in [0.5, 0.6) is 5.75 Å². The number of carbonyl (C=O) groups is 4. The summed E-state index contributed by atoms with van der Waals surface area (Å²) in [5.74, 6) is 0.727. The molecule has 1 atom stereocenters. The molecule has 7 heterocycles. The predicted molar refractivity (Wildman–Crippen MR) is 270 cm³/mol. The van der Waals surface area contributed by atoms with Crippen molar-refractivity contribution >= 4 is 40.1 Å². The van der Waals surface area contributed by atoms with Crippen molar-refractivity contribution in [1.29, 1.82) is 5.26 Å². The first-order valence-electron chi connectivity index (χ1n) is 25.0. The molecule has 374 valence electrons. The van der Waals surface area contributed by atoms with Gasteiger partial charge in [0, 0.05) is 79.9 Å². The zero-order valence-electron chi connectivity index (χ0n) is 40.7. The molecule has 1 N–H and O–H groups in total. The van der Waals surface area contributed by atoms with Gasteiger partial charge in [0.1, 0.15) is 6.04 Å². The number of piperidine rings is 3. The van der Waals surface area contributed by atoms with Gasteiger partial charge >= 0.3 is 0 Å². The topological polar surface area (TPSA) is 222 Å². The van der Waals surface area contributed by atoms with Crippen LogP contribution in [0.2, 0.25) is 0 Å². The van der Waals surface area contributed by atoms with Gasteiger partial charge in [-0.3, -0.25) is 39.0 Å². The Kier molecular flexibility index (Phi) is 14.2. The Bertz CT molecular complexity index is 3240. The molecular weight excluding hydrogens is 929 g/mol. The summed E-state index contributed by atoms with van der Waals surface area (Å²) in [7, 11) is 0. The number of piperazine rings is 1. The number of rotatable bonds is 12. The number of nitrogens with one attached hydrogen (secondary N) is 1. The number of carbonyl (C=O) groups excluding carboxylic acids is 4. The van der Waals surface area contributed by atoms with E-state index in [1.54, 1.807) is 42.7 Å². The minimum absolute atomic E-state index is 0.0737. The Morgan fingerprint density at radius 1 is 0.767 bits per heavy atom. The summed E-state index contributed by atoms with van der Waals surface area (Å²) >= 11 is 0. The van der Waals surface area contributed by atoms with Crippen molar-refractivity contribution < 1.29 is 23.9 Å². The van der Waals surface area contributed by atoms with E-state index in [4.69, 9.17) is 4.74 Å². The lowest BCUT2D eigenvalue weighted by Gasteiger charge is -2.39. The molecule has 0 spiro atoms. The maximum atomic E-state index is 13.7. The van der Waals surface area contributed by atoms with Crippen LogP contribution in [0.25, 0.3) is 33.4 Å². The van der Waals surface area contributed by atoms with Crippen molar-refractivity contribution in [1.82, 2.24) is 49.5 Å². The van der Waals surface area contributed by atoms with Crippen LogP contribution >= 0.6 is 0 Å². The van der Waals surface area contributed by atoms with E-state index in [9.17, 15) is 34.0 Å². The number of aryl methyl sites for hydroxylation is 1. The number of fused-ring (bicyclic) bond motifs is 1.